The van der Waals surface area contributed by atoms with Gasteiger partial charge in [-0.3, -0.25) is 0 Å². The third-order valence-corrected chi connectivity index (χ3v) is 7.00. The fourth-order valence-corrected chi connectivity index (χ4v) is 5.54. The predicted molar refractivity (Wildman–Crippen MR) is 119 cm³/mol. The van der Waals surface area contributed by atoms with Crippen LogP contribution in [0.2, 0.25) is 0 Å². The van der Waals surface area contributed by atoms with Crippen molar-refractivity contribution in [3.05, 3.63) is 90.0 Å². The van der Waals surface area contributed by atoms with Crippen molar-refractivity contribution in [1.29, 1.82) is 0 Å². The molecule has 1 aromatic heterocycles. The summed E-state index contributed by atoms with van der Waals surface area (Å²) in [7, 11) is 0.206. The second kappa shape index (κ2) is 6.10. The van der Waals surface area contributed by atoms with Crippen molar-refractivity contribution in [2.75, 3.05) is 0 Å². The molecule has 0 aliphatic heterocycles. The predicted octanol–water partition coefficient (Wildman–Crippen LogP) is 6.31. The van der Waals surface area contributed by atoms with Gasteiger partial charge in [0.05, 0.1) is 0 Å². The SMILES string of the molecule is Cl[Si]c1ccc2oc3ccccc3c2c1-c1cccc2c1Cc1ccccc1-2. The van der Waals surface area contributed by atoms with Crippen molar-refractivity contribution in [2.45, 2.75) is 6.42 Å². The zero-order chi connectivity index (χ0) is 18.7. The fraction of sp³-hybridized carbons (Fsp3) is 0.0400. The van der Waals surface area contributed by atoms with Crippen LogP contribution in [0.15, 0.2) is 83.3 Å². The van der Waals surface area contributed by atoms with Crippen LogP contribution in [0.3, 0.4) is 0 Å². The van der Waals surface area contributed by atoms with Crippen molar-refractivity contribution >= 4 is 47.0 Å². The van der Waals surface area contributed by atoms with E-state index in [4.69, 9.17) is 15.5 Å². The minimum absolute atomic E-state index is 0.206. The van der Waals surface area contributed by atoms with Crippen LogP contribution < -0.4 is 5.19 Å². The summed E-state index contributed by atoms with van der Waals surface area (Å²) in [4.78, 5) is 0. The van der Waals surface area contributed by atoms with Crippen LogP contribution in [0.25, 0.3) is 44.2 Å². The van der Waals surface area contributed by atoms with Crippen LogP contribution in [-0.2, 0) is 6.42 Å². The summed E-state index contributed by atoms with van der Waals surface area (Å²) in [5, 5.41) is 3.49. The van der Waals surface area contributed by atoms with E-state index in [1.165, 1.54) is 44.0 Å². The second-order valence-electron chi connectivity index (χ2n) is 7.22. The van der Waals surface area contributed by atoms with Gasteiger partial charge in [0.25, 0.3) is 0 Å². The van der Waals surface area contributed by atoms with Crippen molar-refractivity contribution in [3.8, 4) is 22.3 Å². The van der Waals surface area contributed by atoms with E-state index in [0.717, 1.165) is 23.0 Å². The number of hydrogen-bond acceptors (Lipinski definition) is 1. The summed E-state index contributed by atoms with van der Waals surface area (Å²) < 4.78 is 6.16. The summed E-state index contributed by atoms with van der Waals surface area (Å²) in [6, 6.07) is 27.8. The van der Waals surface area contributed by atoms with E-state index >= 15 is 0 Å². The van der Waals surface area contributed by atoms with E-state index in [1.807, 2.05) is 12.1 Å². The number of rotatable bonds is 2. The van der Waals surface area contributed by atoms with Crippen LogP contribution in [0, 0.1) is 0 Å². The molecule has 0 atom stereocenters. The first-order valence-electron chi connectivity index (χ1n) is 9.36. The first-order chi connectivity index (χ1) is 13.8. The molecule has 4 aromatic carbocycles. The molecule has 1 nitrogen and oxygen atoms in total. The van der Waals surface area contributed by atoms with Gasteiger partial charge in [0.1, 0.15) is 11.2 Å². The number of furan rings is 1. The van der Waals surface area contributed by atoms with E-state index < -0.39 is 0 Å². The lowest BCUT2D eigenvalue weighted by Gasteiger charge is -2.14. The standard InChI is InChI=1S/C25H15ClOSi/c26-28-23-13-12-22-24(19-8-3-4-11-21(19)27-22)25(23)18-10-5-9-17-16-7-2-1-6-15(16)14-20(17)18/h1-13H,14H2. The van der Waals surface area contributed by atoms with Gasteiger partial charge < -0.3 is 4.42 Å². The van der Waals surface area contributed by atoms with Gasteiger partial charge in [-0.15, -0.1) is 0 Å². The Morgan fingerprint density at radius 3 is 2.43 bits per heavy atom. The zero-order valence-electron chi connectivity index (χ0n) is 15.0. The maximum Gasteiger partial charge on any atom is 0.211 e. The van der Waals surface area contributed by atoms with Crippen LogP contribution >= 0.6 is 11.1 Å². The second-order valence-corrected chi connectivity index (χ2v) is 8.51. The van der Waals surface area contributed by atoms with E-state index in [0.29, 0.717) is 0 Å². The van der Waals surface area contributed by atoms with Gasteiger partial charge in [0.2, 0.25) is 8.83 Å². The Morgan fingerprint density at radius 2 is 1.50 bits per heavy atom. The molecule has 0 unspecified atom stereocenters. The summed E-state index contributed by atoms with van der Waals surface area (Å²) in [5.74, 6) is 0. The van der Waals surface area contributed by atoms with Gasteiger partial charge in [-0.05, 0) is 57.1 Å². The van der Waals surface area contributed by atoms with Crippen LogP contribution in [0.4, 0.5) is 0 Å². The maximum atomic E-state index is 6.44. The lowest BCUT2D eigenvalue weighted by atomic mass is 9.92. The molecule has 1 aliphatic carbocycles. The summed E-state index contributed by atoms with van der Waals surface area (Å²) in [5.41, 5.74) is 9.80. The molecule has 2 radical (unpaired) electrons. The molecule has 0 bridgehead atoms. The van der Waals surface area contributed by atoms with Crippen molar-refractivity contribution in [1.82, 2.24) is 0 Å². The van der Waals surface area contributed by atoms with E-state index in [-0.39, 0.29) is 8.83 Å². The molecule has 0 saturated heterocycles. The van der Waals surface area contributed by atoms with E-state index in [2.05, 4.69) is 66.7 Å². The molecule has 0 saturated carbocycles. The Kier molecular flexibility index (Phi) is 3.52. The highest BCUT2D eigenvalue weighted by Gasteiger charge is 2.24. The van der Waals surface area contributed by atoms with Crippen LogP contribution in [0.1, 0.15) is 11.1 Å². The molecule has 5 aromatic rings. The minimum Gasteiger partial charge on any atom is -0.456 e. The first-order valence-corrected chi connectivity index (χ1v) is 11.4. The van der Waals surface area contributed by atoms with Crippen molar-refractivity contribution < 1.29 is 4.42 Å². The van der Waals surface area contributed by atoms with E-state index in [9.17, 15) is 0 Å². The van der Waals surface area contributed by atoms with Crippen LogP contribution in [0.5, 0.6) is 0 Å². The van der Waals surface area contributed by atoms with Gasteiger partial charge in [-0.25, -0.2) is 0 Å². The fourth-order valence-electron chi connectivity index (χ4n) is 4.57. The molecule has 1 heterocycles. The average molecular weight is 395 g/mol. The van der Waals surface area contributed by atoms with Gasteiger partial charge in [0.15, 0.2) is 0 Å². The largest absolute Gasteiger partial charge is 0.456 e. The van der Waals surface area contributed by atoms with Gasteiger partial charge in [-0.1, -0.05) is 66.7 Å². The smallest absolute Gasteiger partial charge is 0.211 e. The topological polar surface area (TPSA) is 13.1 Å². The van der Waals surface area contributed by atoms with Gasteiger partial charge in [0, 0.05) is 10.8 Å². The third kappa shape index (κ3) is 2.19. The van der Waals surface area contributed by atoms with Crippen molar-refractivity contribution in [3.63, 3.8) is 0 Å². The molecule has 132 valence electrons. The number of halogens is 1. The molecule has 0 spiro atoms. The Labute approximate surface area is 170 Å². The van der Waals surface area contributed by atoms with E-state index in [1.54, 1.807) is 0 Å². The van der Waals surface area contributed by atoms with Gasteiger partial charge >= 0.3 is 0 Å². The van der Waals surface area contributed by atoms with Gasteiger partial charge in [-0.2, -0.15) is 11.1 Å². The molecular weight excluding hydrogens is 380 g/mol. The highest BCUT2D eigenvalue weighted by molar-refractivity contribution is 7.02. The number of para-hydroxylation sites is 1. The lowest BCUT2D eigenvalue weighted by molar-refractivity contribution is 0.669. The molecule has 0 N–H and O–H groups in total. The Bertz CT molecular complexity index is 1380. The maximum absolute atomic E-state index is 6.44. The average Bonchev–Trinajstić information content (AvgIpc) is 3.31. The number of hydrogen-bond donors (Lipinski definition) is 0. The molecule has 0 fully saturated rings. The number of benzene rings is 4. The van der Waals surface area contributed by atoms with Crippen LogP contribution in [-0.4, -0.2) is 8.83 Å². The molecule has 0 amide bonds. The molecule has 1 aliphatic rings. The Morgan fingerprint density at radius 1 is 0.714 bits per heavy atom. The monoisotopic (exact) mass is 394 g/mol. The molecule has 28 heavy (non-hydrogen) atoms. The highest BCUT2D eigenvalue weighted by Crippen LogP contribution is 2.44. The Hall–Kier alpha value is -2.81. The Balaban J connectivity index is 1.73. The lowest BCUT2D eigenvalue weighted by Crippen LogP contribution is -2.13. The first kappa shape index (κ1) is 16.2. The zero-order valence-corrected chi connectivity index (χ0v) is 16.8. The molecule has 6 rings (SSSR count). The summed E-state index contributed by atoms with van der Waals surface area (Å²) in [6.45, 7) is 0. The van der Waals surface area contributed by atoms with Crippen molar-refractivity contribution in [2.24, 2.45) is 0 Å². The molecular formula is C25H15ClOSi. The number of fused-ring (bicyclic) bond motifs is 6. The summed E-state index contributed by atoms with van der Waals surface area (Å²) in [6.07, 6.45) is 0.957. The third-order valence-electron chi connectivity index (χ3n) is 5.77. The minimum atomic E-state index is 0.206. The quantitative estimate of drug-likeness (QED) is 0.248. The normalized spacial score (nSPS) is 12.5. The molecule has 3 heteroatoms. The highest BCUT2D eigenvalue weighted by atomic mass is 35.6. The summed E-state index contributed by atoms with van der Waals surface area (Å²) >= 11 is 6.44.